The molecule has 1 aromatic rings. The second kappa shape index (κ2) is 4.96. The van der Waals surface area contributed by atoms with E-state index in [1.54, 1.807) is 14.2 Å². The lowest BCUT2D eigenvalue weighted by molar-refractivity contribution is 0.341. The maximum absolute atomic E-state index is 5.56. The van der Waals surface area contributed by atoms with Crippen LogP contribution in [0.15, 0.2) is 6.07 Å². The predicted molar refractivity (Wildman–Crippen MR) is 69.0 cm³/mol. The average molecular weight is 235 g/mol. The summed E-state index contributed by atoms with van der Waals surface area (Å²) in [5.41, 5.74) is 4.02. The average Bonchev–Trinajstić information content (AvgIpc) is 2.37. The van der Waals surface area contributed by atoms with E-state index < -0.39 is 0 Å². The summed E-state index contributed by atoms with van der Waals surface area (Å²) in [6, 6.07) is 2.46. The van der Waals surface area contributed by atoms with Crippen LogP contribution >= 0.6 is 0 Å². The molecule has 3 heteroatoms. The van der Waals surface area contributed by atoms with Crippen molar-refractivity contribution in [1.82, 2.24) is 5.32 Å². The monoisotopic (exact) mass is 235 g/mol. The first-order valence-corrected chi connectivity index (χ1v) is 6.14. The highest BCUT2D eigenvalue weighted by molar-refractivity contribution is 5.56. The van der Waals surface area contributed by atoms with Gasteiger partial charge in [0, 0.05) is 11.6 Å². The molecule has 0 saturated carbocycles. The topological polar surface area (TPSA) is 30.5 Å². The minimum absolute atomic E-state index is 0.377. The number of hydrogen-bond donors (Lipinski definition) is 1. The third-order valence-corrected chi connectivity index (χ3v) is 3.66. The maximum Gasteiger partial charge on any atom is 0.165 e. The summed E-state index contributed by atoms with van der Waals surface area (Å²) in [4.78, 5) is 0. The van der Waals surface area contributed by atoms with E-state index in [1.165, 1.54) is 23.1 Å². The molecule has 1 unspecified atom stereocenters. The van der Waals surface area contributed by atoms with E-state index in [-0.39, 0.29) is 0 Å². The Morgan fingerprint density at radius 3 is 2.65 bits per heavy atom. The Hall–Kier alpha value is -1.22. The van der Waals surface area contributed by atoms with Crippen molar-refractivity contribution in [1.29, 1.82) is 0 Å². The maximum atomic E-state index is 5.56. The fourth-order valence-electron chi connectivity index (χ4n) is 2.81. The summed E-state index contributed by atoms with van der Waals surface area (Å²) in [7, 11) is 5.42. The quantitative estimate of drug-likeness (QED) is 0.873. The molecule has 0 heterocycles. The molecule has 0 spiro atoms. The predicted octanol–water partition coefficient (Wildman–Crippen LogP) is 2.61. The van der Waals surface area contributed by atoms with Crippen LogP contribution in [0.3, 0.4) is 0 Å². The number of nitrogens with one attached hydrogen (secondary N) is 1. The van der Waals surface area contributed by atoms with Crippen LogP contribution in [0.2, 0.25) is 0 Å². The van der Waals surface area contributed by atoms with Crippen LogP contribution in [0, 0.1) is 6.92 Å². The van der Waals surface area contributed by atoms with Crippen molar-refractivity contribution in [2.24, 2.45) is 0 Å². The molecule has 1 N–H and O–H groups in total. The molecule has 0 aromatic heterocycles. The molecule has 0 amide bonds. The van der Waals surface area contributed by atoms with Gasteiger partial charge in [0.15, 0.2) is 11.5 Å². The van der Waals surface area contributed by atoms with Crippen molar-refractivity contribution >= 4 is 0 Å². The summed E-state index contributed by atoms with van der Waals surface area (Å²) in [6.07, 6.45) is 3.53. The molecule has 17 heavy (non-hydrogen) atoms. The number of rotatable bonds is 3. The second-order valence-corrected chi connectivity index (χ2v) is 4.55. The van der Waals surface area contributed by atoms with E-state index in [1.807, 2.05) is 7.05 Å². The van der Waals surface area contributed by atoms with Crippen LogP contribution in [-0.4, -0.2) is 21.3 Å². The Labute approximate surface area is 103 Å². The lowest BCUT2D eigenvalue weighted by atomic mass is 9.84. The summed E-state index contributed by atoms with van der Waals surface area (Å²) < 4.78 is 11.0. The first kappa shape index (κ1) is 12.2. The fraction of sp³-hybridized carbons (Fsp3) is 0.571. The molecule has 94 valence electrons. The number of fused-ring (bicyclic) bond motifs is 1. The van der Waals surface area contributed by atoms with Crippen molar-refractivity contribution in [2.75, 3.05) is 21.3 Å². The summed E-state index contributed by atoms with van der Waals surface area (Å²) in [5.74, 6) is 1.73. The lowest BCUT2D eigenvalue weighted by Crippen LogP contribution is -2.23. The van der Waals surface area contributed by atoms with Gasteiger partial charge >= 0.3 is 0 Å². The number of aryl methyl sites for hydroxylation is 1. The minimum Gasteiger partial charge on any atom is -0.493 e. The summed E-state index contributed by atoms with van der Waals surface area (Å²) in [5, 5.41) is 3.38. The molecule has 1 aliphatic rings. The number of benzene rings is 1. The van der Waals surface area contributed by atoms with Gasteiger partial charge in [0.25, 0.3) is 0 Å². The molecule has 2 rings (SSSR count). The second-order valence-electron chi connectivity index (χ2n) is 4.55. The van der Waals surface area contributed by atoms with Gasteiger partial charge < -0.3 is 14.8 Å². The molecule has 0 bridgehead atoms. The number of ether oxygens (including phenoxy) is 2. The number of hydrogen-bond acceptors (Lipinski definition) is 3. The Bertz CT molecular complexity index is 415. The summed E-state index contributed by atoms with van der Waals surface area (Å²) in [6.45, 7) is 2.15. The SMILES string of the molecule is CNC1CCCc2c(C)cc(OC)c(OC)c21. The van der Waals surface area contributed by atoms with Crippen LogP contribution in [0.25, 0.3) is 0 Å². The van der Waals surface area contributed by atoms with Gasteiger partial charge in [0.05, 0.1) is 14.2 Å². The zero-order valence-corrected chi connectivity index (χ0v) is 11.1. The van der Waals surface area contributed by atoms with Gasteiger partial charge in [0.2, 0.25) is 0 Å². The van der Waals surface area contributed by atoms with Crippen molar-refractivity contribution in [3.63, 3.8) is 0 Å². The van der Waals surface area contributed by atoms with Gasteiger partial charge in [-0.05, 0) is 50.4 Å². The van der Waals surface area contributed by atoms with Crippen molar-refractivity contribution in [3.8, 4) is 11.5 Å². The zero-order valence-electron chi connectivity index (χ0n) is 11.1. The minimum atomic E-state index is 0.377. The van der Waals surface area contributed by atoms with Gasteiger partial charge in [-0.15, -0.1) is 0 Å². The molecule has 0 aliphatic heterocycles. The van der Waals surface area contributed by atoms with E-state index in [4.69, 9.17) is 9.47 Å². The third kappa shape index (κ3) is 2.00. The lowest BCUT2D eigenvalue weighted by Gasteiger charge is -2.29. The normalized spacial score (nSPS) is 18.7. The van der Waals surface area contributed by atoms with Crippen LogP contribution < -0.4 is 14.8 Å². The molecule has 1 atom stereocenters. The van der Waals surface area contributed by atoms with Crippen LogP contribution in [0.1, 0.15) is 35.6 Å². The van der Waals surface area contributed by atoms with Crippen molar-refractivity contribution in [3.05, 3.63) is 22.8 Å². The Morgan fingerprint density at radius 2 is 2.06 bits per heavy atom. The standard InChI is InChI=1S/C14H21NO2/c1-9-8-12(16-3)14(17-4)13-10(9)6-5-7-11(13)15-2/h8,11,15H,5-7H2,1-4H3. The van der Waals surface area contributed by atoms with E-state index in [2.05, 4.69) is 18.3 Å². The van der Waals surface area contributed by atoms with E-state index in [0.29, 0.717) is 6.04 Å². The Morgan fingerprint density at radius 1 is 1.29 bits per heavy atom. The third-order valence-electron chi connectivity index (χ3n) is 3.66. The Balaban J connectivity index is 2.64. The van der Waals surface area contributed by atoms with Crippen molar-refractivity contribution in [2.45, 2.75) is 32.2 Å². The molecule has 0 fully saturated rings. The molecule has 3 nitrogen and oxygen atoms in total. The molecule has 1 aromatic carbocycles. The van der Waals surface area contributed by atoms with Crippen LogP contribution in [0.5, 0.6) is 11.5 Å². The summed E-state index contributed by atoms with van der Waals surface area (Å²) >= 11 is 0. The first-order chi connectivity index (χ1) is 8.22. The van der Waals surface area contributed by atoms with E-state index in [0.717, 1.165) is 24.3 Å². The Kier molecular flexibility index (Phi) is 3.57. The highest BCUT2D eigenvalue weighted by Crippen LogP contribution is 2.43. The van der Waals surface area contributed by atoms with Crippen molar-refractivity contribution < 1.29 is 9.47 Å². The number of methoxy groups -OCH3 is 2. The highest BCUT2D eigenvalue weighted by Gasteiger charge is 2.26. The molecule has 0 saturated heterocycles. The largest absolute Gasteiger partial charge is 0.493 e. The molecular formula is C14H21NO2. The fourth-order valence-corrected chi connectivity index (χ4v) is 2.81. The smallest absolute Gasteiger partial charge is 0.165 e. The van der Waals surface area contributed by atoms with E-state index >= 15 is 0 Å². The van der Waals surface area contributed by atoms with Gasteiger partial charge in [-0.25, -0.2) is 0 Å². The zero-order chi connectivity index (χ0) is 12.4. The molecular weight excluding hydrogens is 214 g/mol. The van der Waals surface area contributed by atoms with E-state index in [9.17, 15) is 0 Å². The van der Waals surface area contributed by atoms with Gasteiger partial charge in [-0.2, -0.15) is 0 Å². The van der Waals surface area contributed by atoms with Gasteiger partial charge in [-0.3, -0.25) is 0 Å². The first-order valence-electron chi connectivity index (χ1n) is 6.14. The molecule has 0 radical (unpaired) electrons. The highest BCUT2D eigenvalue weighted by atomic mass is 16.5. The molecule has 1 aliphatic carbocycles. The van der Waals surface area contributed by atoms with Gasteiger partial charge in [0.1, 0.15) is 0 Å². The van der Waals surface area contributed by atoms with Crippen LogP contribution in [0.4, 0.5) is 0 Å². The van der Waals surface area contributed by atoms with Gasteiger partial charge in [-0.1, -0.05) is 0 Å². The van der Waals surface area contributed by atoms with Crippen LogP contribution in [-0.2, 0) is 6.42 Å².